The third kappa shape index (κ3) is 2.62. The summed E-state index contributed by atoms with van der Waals surface area (Å²) in [5, 5.41) is 3.16. The summed E-state index contributed by atoms with van der Waals surface area (Å²) in [4.78, 5) is 4.10. The van der Waals surface area contributed by atoms with Gasteiger partial charge in [-0.25, -0.2) is 4.98 Å². The average Bonchev–Trinajstić information content (AvgIpc) is 2.09. The Morgan fingerprint density at radius 2 is 2.50 bits per heavy atom. The van der Waals surface area contributed by atoms with Crippen molar-refractivity contribution in [3.63, 3.8) is 0 Å². The molecule has 0 aliphatic carbocycles. The monoisotopic (exact) mass is 183 g/mol. The predicted molar refractivity (Wildman–Crippen MR) is 55.5 cm³/mol. The molecule has 0 bridgehead atoms. The number of rotatable bonds is 4. The number of aromatic nitrogens is 1. The summed E-state index contributed by atoms with van der Waals surface area (Å²) < 4.78 is 0. The number of nitrogens with zero attached hydrogens (tertiary/aromatic N) is 1. The van der Waals surface area contributed by atoms with E-state index in [1.54, 1.807) is 18.0 Å². The number of nitrogens with one attached hydrogen (secondary N) is 1. The molecule has 1 aromatic rings. The Morgan fingerprint density at radius 1 is 1.67 bits per heavy atom. The van der Waals surface area contributed by atoms with Crippen molar-refractivity contribution in [2.24, 2.45) is 0 Å². The molecule has 12 heavy (non-hydrogen) atoms. The quantitative estimate of drug-likeness (QED) is 0.693. The molecule has 1 rings (SSSR count). The van der Waals surface area contributed by atoms with Crippen LogP contribution in [0.25, 0.3) is 0 Å². The van der Waals surface area contributed by atoms with E-state index in [4.69, 9.17) is 5.73 Å². The van der Waals surface area contributed by atoms with Crippen LogP contribution >= 0.6 is 11.8 Å². The van der Waals surface area contributed by atoms with Crippen LogP contribution in [-0.4, -0.2) is 23.5 Å². The molecule has 0 fully saturated rings. The summed E-state index contributed by atoms with van der Waals surface area (Å²) in [6, 6.07) is 3.67. The van der Waals surface area contributed by atoms with Gasteiger partial charge in [-0.15, -0.1) is 0 Å². The highest BCUT2D eigenvalue weighted by atomic mass is 32.2. The van der Waals surface area contributed by atoms with Gasteiger partial charge in [-0.2, -0.15) is 11.8 Å². The second-order valence-electron chi connectivity index (χ2n) is 2.36. The molecule has 4 heteroatoms. The molecule has 0 aliphatic heterocycles. The zero-order chi connectivity index (χ0) is 8.81. The van der Waals surface area contributed by atoms with E-state index in [0.717, 1.165) is 18.1 Å². The molecular weight excluding hydrogens is 170 g/mol. The number of thioether (sulfide) groups is 1. The number of hydrogen-bond donors (Lipinski definition) is 2. The van der Waals surface area contributed by atoms with E-state index in [0.29, 0.717) is 5.69 Å². The summed E-state index contributed by atoms with van der Waals surface area (Å²) in [5.41, 5.74) is 6.38. The minimum absolute atomic E-state index is 0.707. The summed E-state index contributed by atoms with van der Waals surface area (Å²) in [5.74, 6) is 1.85. The second-order valence-corrected chi connectivity index (χ2v) is 3.35. The van der Waals surface area contributed by atoms with E-state index in [-0.39, 0.29) is 0 Å². The van der Waals surface area contributed by atoms with Crippen molar-refractivity contribution >= 4 is 23.3 Å². The third-order valence-electron chi connectivity index (χ3n) is 1.44. The van der Waals surface area contributed by atoms with Crippen LogP contribution < -0.4 is 11.1 Å². The fraction of sp³-hybridized carbons (Fsp3) is 0.375. The van der Waals surface area contributed by atoms with Crippen LogP contribution in [0.1, 0.15) is 0 Å². The number of pyridine rings is 1. The summed E-state index contributed by atoms with van der Waals surface area (Å²) in [7, 11) is 0. The Morgan fingerprint density at radius 3 is 3.17 bits per heavy atom. The van der Waals surface area contributed by atoms with Gasteiger partial charge in [0.15, 0.2) is 0 Å². The van der Waals surface area contributed by atoms with Crippen LogP contribution in [0.15, 0.2) is 18.3 Å². The van der Waals surface area contributed by atoms with Crippen molar-refractivity contribution in [3.05, 3.63) is 18.3 Å². The van der Waals surface area contributed by atoms with Crippen molar-refractivity contribution < 1.29 is 0 Å². The van der Waals surface area contributed by atoms with E-state index >= 15 is 0 Å². The normalized spacial score (nSPS) is 9.75. The molecule has 3 nitrogen and oxygen atoms in total. The van der Waals surface area contributed by atoms with E-state index in [9.17, 15) is 0 Å². The van der Waals surface area contributed by atoms with Gasteiger partial charge >= 0.3 is 0 Å². The van der Waals surface area contributed by atoms with E-state index < -0.39 is 0 Å². The summed E-state index contributed by atoms with van der Waals surface area (Å²) in [6.45, 7) is 0.905. The number of hydrogen-bond acceptors (Lipinski definition) is 4. The first-order valence-electron chi connectivity index (χ1n) is 3.78. The molecule has 0 spiro atoms. The molecule has 0 saturated heterocycles. The van der Waals surface area contributed by atoms with Crippen LogP contribution in [0.2, 0.25) is 0 Å². The van der Waals surface area contributed by atoms with Crippen molar-refractivity contribution in [2.45, 2.75) is 0 Å². The number of nitrogens with two attached hydrogens (primary N) is 1. The summed E-state index contributed by atoms with van der Waals surface area (Å²) >= 11 is 1.80. The minimum atomic E-state index is 0.707. The first-order valence-corrected chi connectivity index (χ1v) is 5.17. The van der Waals surface area contributed by atoms with Crippen LogP contribution in [0.3, 0.4) is 0 Å². The average molecular weight is 183 g/mol. The molecule has 0 aromatic carbocycles. The van der Waals surface area contributed by atoms with Gasteiger partial charge in [0, 0.05) is 18.5 Å². The number of anilines is 2. The van der Waals surface area contributed by atoms with Crippen LogP contribution in [0.5, 0.6) is 0 Å². The lowest BCUT2D eigenvalue weighted by atomic mass is 10.4. The van der Waals surface area contributed by atoms with E-state index in [1.165, 1.54) is 0 Å². The van der Waals surface area contributed by atoms with Crippen LogP contribution in [-0.2, 0) is 0 Å². The SMILES string of the molecule is CSCCNc1ncccc1N. The van der Waals surface area contributed by atoms with Gasteiger partial charge in [0.25, 0.3) is 0 Å². The van der Waals surface area contributed by atoms with E-state index in [1.807, 2.05) is 12.1 Å². The predicted octanol–water partition coefficient (Wildman–Crippen LogP) is 1.44. The molecule has 0 unspecified atom stereocenters. The largest absolute Gasteiger partial charge is 0.396 e. The van der Waals surface area contributed by atoms with Crippen molar-refractivity contribution in [1.82, 2.24) is 4.98 Å². The molecule has 0 atom stereocenters. The lowest BCUT2D eigenvalue weighted by Gasteiger charge is -2.05. The van der Waals surface area contributed by atoms with Gasteiger partial charge in [-0.05, 0) is 18.4 Å². The highest BCUT2D eigenvalue weighted by Gasteiger charge is 1.95. The molecule has 0 saturated carbocycles. The zero-order valence-corrected chi connectivity index (χ0v) is 7.90. The van der Waals surface area contributed by atoms with Gasteiger partial charge in [0.05, 0.1) is 5.69 Å². The van der Waals surface area contributed by atoms with Crippen molar-refractivity contribution in [3.8, 4) is 0 Å². The maximum absolute atomic E-state index is 5.67. The van der Waals surface area contributed by atoms with E-state index in [2.05, 4.69) is 16.6 Å². The highest BCUT2D eigenvalue weighted by molar-refractivity contribution is 7.98. The van der Waals surface area contributed by atoms with Crippen LogP contribution in [0, 0.1) is 0 Å². The Kier molecular flexibility index (Phi) is 3.73. The Bertz CT molecular complexity index is 239. The Balaban J connectivity index is 2.46. The molecule has 3 N–H and O–H groups in total. The maximum Gasteiger partial charge on any atom is 0.149 e. The molecule has 66 valence electrons. The first kappa shape index (κ1) is 9.19. The van der Waals surface area contributed by atoms with Gasteiger partial charge in [0.1, 0.15) is 5.82 Å². The Hall–Kier alpha value is -0.900. The fourth-order valence-electron chi connectivity index (χ4n) is 0.837. The molecule has 1 heterocycles. The maximum atomic E-state index is 5.67. The lowest BCUT2D eigenvalue weighted by molar-refractivity contribution is 1.17. The molecular formula is C8H13N3S. The lowest BCUT2D eigenvalue weighted by Crippen LogP contribution is -2.07. The Labute approximate surface area is 76.8 Å². The summed E-state index contributed by atoms with van der Waals surface area (Å²) in [6.07, 6.45) is 3.81. The fourth-order valence-corrected chi connectivity index (χ4v) is 1.14. The van der Waals surface area contributed by atoms with Crippen LogP contribution in [0.4, 0.5) is 11.5 Å². The highest BCUT2D eigenvalue weighted by Crippen LogP contribution is 2.12. The topological polar surface area (TPSA) is 50.9 Å². The smallest absolute Gasteiger partial charge is 0.149 e. The van der Waals surface area contributed by atoms with Gasteiger partial charge in [-0.1, -0.05) is 0 Å². The zero-order valence-electron chi connectivity index (χ0n) is 7.08. The molecule has 0 aliphatic rings. The van der Waals surface area contributed by atoms with Crippen molar-refractivity contribution in [2.75, 3.05) is 29.6 Å². The first-order chi connectivity index (χ1) is 5.84. The van der Waals surface area contributed by atoms with Gasteiger partial charge in [-0.3, -0.25) is 0 Å². The van der Waals surface area contributed by atoms with Gasteiger partial charge < -0.3 is 11.1 Å². The molecule has 1 aromatic heterocycles. The molecule has 0 radical (unpaired) electrons. The standard InChI is InChI=1S/C8H13N3S/c1-12-6-5-11-8-7(9)3-2-4-10-8/h2-4H,5-6,9H2,1H3,(H,10,11). The molecule has 0 amide bonds. The van der Waals surface area contributed by atoms with Crippen molar-refractivity contribution in [1.29, 1.82) is 0 Å². The third-order valence-corrected chi connectivity index (χ3v) is 2.05. The van der Waals surface area contributed by atoms with Gasteiger partial charge in [0.2, 0.25) is 0 Å². The minimum Gasteiger partial charge on any atom is -0.396 e. The number of nitrogen functional groups attached to an aromatic ring is 1. The second kappa shape index (κ2) is 4.87.